The third kappa shape index (κ3) is 5.53. The SMILES string of the molecule is COP1(=O)OC[C@H]2O[C@@H](n3cnc4c(N)ncnc43)C(O)[C@H]2OP(=O)(OC)OC[C@H]2O[C@@H](n3cnc4c(=O)[nH]c(N)nc43)[C@@H](O)[C@H]2O1. The number of rotatable bonds is 4. The molecule has 0 radical (unpaired) electrons. The van der Waals surface area contributed by atoms with Crippen LogP contribution in [0.3, 0.4) is 0 Å². The van der Waals surface area contributed by atoms with Gasteiger partial charge in [0.1, 0.15) is 48.5 Å². The number of aromatic nitrogens is 8. The zero-order valence-electron chi connectivity index (χ0n) is 24.3. The minimum Gasteiger partial charge on any atom is -0.386 e. The number of anilines is 2. The molecule has 7 N–H and O–H groups in total. The van der Waals surface area contributed by atoms with Crippen molar-refractivity contribution in [2.45, 2.75) is 49.1 Å². The highest BCUT2D eigenvalue weighted by atomic mass is 31.2. The first-order chi connectivity index (χ1) is 22.4. The molecule has 0 bridgehead atoms. The van der Waals surface area contributed by atoms with Crippen LogP contribution in [0.15, 0.2) is 23.8 Å². The van der Waals surface area contributed by atoms with Crippen molar-refractivity contribution in [3.8, 4) is 0 Å². The van der Waals surface area contributed by atoms with Crippen molar-refractivity contribution in [1.29, 1.82) is 0 Å². The summed E-state index contributed by atoms with van der Waals surface area (Å²) in [5.41, 5.74) is 11.2. The molecule has 10 atom stereocenters. The molecule has 7 rings (SSSR count). The number of aliphatic hydroxyl groups excluding tert-OH is 2. The number of H-pyrrole nitrogens is 1. The Balaban J connectivity index is 1.20. The average Bonchev–Trinajstić information content (AvgIpc) is 3.80. The van der Waals surface area contributed by atoms with Crippen molar-refractivity contribution < 1.29 is 56.0 Å². The lowest BCUT2D eigenvalue weighted by atomic mass is 10.1. The standard InChI is InChI=1S/C22H28N10O13P2/c1-38-46(36)41-4-9-15(13(34)21(43-9)32-7-28-11-18(32)29-22(24)30-19(11)35)45-47(37,39-2)40-3-8-14(44-46)12(33)20(42-8)31-6-27-10-16(23)25-5-26-17(10)31/h5-9,12-15,20-21,33-34H,3-4H2,1-2H3,(H2,23,25,26)(H3,24,29,30,35)/t8-,9-,12?,13+,14+,15+,20-,21-,46?,47?/m1/s1. The molecule has 0 spiro atoms. The second-order valence-corrected chi connectivity index (χ2v) is 13.9. The summed E-state index contributed by atoms with van der Waals surface area (Å²) >= 11 is 0. The number of fused-ring (bicyclic) bond motifs is 4. The number of nitrogens with two attached hydrogens (primary N) is 2. The zero-order chi connectivity index (χ0) is 33.2. The highest BCUT2D eigenvalue weighted by Crippen LogP contribution is 2.57. The van der Waals surface area contributed by atoms with E-state index >= 15 is 0 Å². The molecule has 3 fully saturated rings. The van der Waals surface area contributed by atoms with Crippen LogP contribution in [-0.4, -0.2) is 113 Å². The molecule has 0 aliphatic carbocycles. The van der Waals surface area contributed by atoms with E-state index in [1.54, 1.807) is 0 Å². The Morgan fingerprint density at radius 1 is 0.851 bits per heavy atom. The maximum Gasteiger partial charge on any atom is 0.475 e. The van der Waals surface area contributed by atoms with Crippen molar-refractivity contribution >= 4 is 49.7 Å². The van der Waals surface area contributed by atoms with Gasteiger partial charge in [-0.2, -0.15) is 4.98 Å². The molecule has 3 aliphatic rings. The Kier molecular flexibility index (Phi) is 8.14. The third-order valence-electron chi connectivity index (χ3n) is 7.75. The number of hydrogen-bond acceptors (Lipinski definition) is 20. The maximum atomic E-state index is 13.7. The molecule has 4 aromatic rings. The van der Waals surface area contributed by atoms with E-state index in [1.807, 2.05) is 0 Å². The minimum atomic E-state index is -4.54. The van der Waals surface area contributed by atoms with Crippen molar-refractivity contribution in [3.63, 3.8) is 0 Å². The summed E-state index contributed by atoms with van der Waals surface area (Å²) in [4.78, 5) is 34.9. The Morgan fingerprint density at radius 2 is 1.38 bits per heavy atom. The van der Waals surface area contributed by atoms with E-state index in [0.717, 1.165) is 14.2 Å². The van der Waals surface area contributed by atoms with Gasteiger partial charge < -0.3 is 31.2 Å². The van der Waals surface area contributed by atoms with E-state index in [1.165, 1.54) is 28.1 Å². The van der Waals surface area contributed by atoms with Crippen LogP contribution in [0.5, 0.6) is 0 Å². The predicted octanol–water partition coefficient (Wildman–Crippen LogP) is -1.03. The van der Waals surface area contributed by atoms with Gasteiger partial charge in [0.05, 0.1) is 25.9 Å². The van der Waals surface area contributed by atoms with Crippen LogP contribution in [0.2, 0.25) is 0 Å². The number of phosphoric acid groups is 2. The molecule has 25 heteroatoms. The largest absolute Gasteiger partial charge is 0.475 e. The predicted molar refractivity (Wildman–Crippen MR) is 153 cm³/mol. The number of phosphoric ester groups is 2. The van der Waals surface area contributed by atoms with Crippen LogP contribution >= 0.6 is 15.6 Å². The normalized spacial score (nSPS) is 36.6. The van der Waals surface area contributed by atoms with E-state index in [9.17, 15) is 24.1 Å². The smallest absolute Gasteiger partial charge is 0.386 e. The molecule has 47 heavy (non-hydrogen) atoms. The lowest BCUT2D eigenvalue weighted by molar-refractivity contribution is -0.0685. The number of nitrogens with zero attached hydrogens (tertiary/aromatic N) is 7. The summed E-state index contributed by atoms with van der Waals surface area (Å²) in [5, 5.41) is 22.7. The van der Waals surface area contributed by atoms with E-state index in [0.29, 0.717) is 0 Å². The van der Waals surface area contributed by atoms with Crippen molar-refractivity contribution in [2.24, 2.45) is 0 Å². The van der Waals surface area contributed by atoms with Gasteiger partial charge in [0, 0.05) is 14.2 Å². The van der Waals surface area contributed by atoms with E-state index in [-0.39, 0.29) is 34.1 Å². The second kappa shape index (κ2) is 11.9. The average molecular weight is 702 g/mol. The number of imidazole rings is 2. The minimum absolute atomic E-state index is 0.0426. The summed E-state index contributed by atoms with van der Waals surface area (Å²) in [6.07, 6.45) is -7.79. The van der Waals surface area contributed by atoms with Gasteiger partial charge in [-0.1, -0.05) is 0 Å². The molecule has 254 valence electrons. The number of nitrogen functional groups attached to an aromatic ring is 2. The second-order valence-electron chi connectivity index (χ2n) is 10.5. The number of aromatic amines is 1. The van der Waals surface area contributed by atoms with Crippen LogP contribution in [0, 0.1) is 0 Å². The molecule has 3 unspecified atom stereocenters. The van der Waals surface area contributed by atoms with Crippen LogP contribution in [-0.2, 0) is 45.7 Å². The van der Waals surface area contributed by atoms with Gasteiger partial charge in [0.2, 0.25) is 5.95 Å². The first-order valence-electron chi connectivity index (χ1n) is 13.7. The van der Waals surface area contributed by atoms with Gasteiger partial charge in [-0.25, -0.2) is 29.1 Å². The lowest BCUT2D eigenvalue weighted by Gasteiger charge is -2.29. The Morgan fingerprint density at radius 3 is 1.94 bits per heavy atom. The van der Waals surface area contributed by atoms with Gasteiger partial charge in [-0.05, 0) is 0 Å². The summed E-state index contributed by atoms with van der Waals surface area (Å²) in [6.45, 7) is -1.26. The fraction of sp³-hybridized carbons (Fsp3) is 0.545. The monoisotopic (exact) mass is 702 g/mol. The van der Waals surface area contributed by atoms with E-state index in [4.69, 9.17) is 48.1 Å². The molecule has 4 aromatic heterocycles. The maximum absolute atomic E-state index is 13.7. The van der Waals surface area contributed by atoms with Crippen LogP contribution in [0.25, 0.3) is 22.3 Å². The van der Waals surface area contributed by atoms with E-state index < -0.39 is 83.5 Å². The lowest BCUT2D eigenvalue weighted by Crippen LogP contribution is -2.39. The molecule has 0 aromatic carbocycles. The number of nitrogens with one attached hydrogen (secondary N) is 1. The van der Waals surface area contributed by atoms with Crippen LogP contribution in [0.4, 0.5) is 11.8 Å². The number of hydrogen-bond donors (Lipinski definition) is 5. The van der Waals surface area contributed by atoms with Crippen LogP contribution in [0.1, 0.15) is 12.5 Å². The quantitative estimate of drug-likeness (QED) is 0.159. The summed E-state index contributed by atoms with van der Waals surface area (Å²) in [7, 11) is -6.98. The molecule has 0 saturated carbocycles. The molecule has 3 aliphatic heterocycles. The Hall–Kier alpha value is -3.44. The molecular formula is C22H28N10O13P2. The zero-order valence-corrected chi connectivity index (χ0v) is 26.1. The first kappa shape index (κ1) is 32.1. The van der Waals surface area contributed by atoms with Crippen molar-refractivity contribution in [1.82, 2.24) is 39.0 Å². The molecular weight excluding hydrogens is 674 g/mol. The number of aliphatic hydroxyl groups is 2. The molecule has 7 heterocycles. The Labute approximate surface area is 262 Å². The fourth-order valence-electron chi connectivity index (χ4n) is 5.49. The highest BCUT2D eigenvalue weighted by Gasteiger charge is 2.54. The molecule has 0 amide bonds. The first-order valence-corrected chi connectivity index (χ1v) is 16.7. The third-order valence-corrected chi connectivity index (χ3v) is 10.6. The summed E-state index contributed by atoms with van der Waals surface area (Å²) < 4.78 is 74.8. The van der Waals surface area contributed by atoms with Gasteiger partial charge in [0.25, 0.3) is 5.56 Å². The summed E-state index contributed by atoms with van der Waals surface area (Å²) in [5.74, 6) is -0.149. The van der Waals surface area contributed by atoms with Crippen molar-refractivity contribution in [2.75, 3.05) is 38.9 Å². The van der Waals surface area contributed by atoms with Gasteiger partial charge in [-0.15, -0.1) is 0 Å². The van der Waals surface area contributed by atoms with Crippen molar-refractivity contribution in [3.05, 3.63) is 29.3 Å². The summed E-state index contributed by atoms with van der Waals surface area (Å²) in [6, 6.07) is 0. The van der Waals surface area contributed by atoms with Gasteiger partial charge in [-0.3, -0.25) is 46.1 Å². The van der Waals surface area contributed by atoms with Crippen LogP contribution < -0.4 is 17.0 Å². The fourth-order valence-corrected chi connectivity index (χ4v) is 7.77. The number of ether oxygens (including phenoxy) is 2. The Bertz CT molecular complexity index is 1970. The highest BCUT2D eigenvalue weighted by molar-refractivity contribution is 7.48. The molecule has 23 nitrogen and oxygen atoms in total. The van der Waals surface area contributed by atoms with Gasteiger partial charge >= 0.3 is 15.6 Å². The van der Waals surface area contributed by atoms with Gasteiger partial charge in [0.15, 0.2) is 35.1 Å². The molecule has 3 saturated heterocycles. The topological polar surface area (TPSA) is 308 Å². The van der Waals surface area contributed by atoms with E-state index in [2.05, 4.69) is 29.9 Å².